The maximum absolute atomic E-state index is 13.0. The molecule has 2 aliphatic rings. The van der Waals surface area contributed by atoms with Gasteiger partial charge in [0, 0.05) is 51.0 Å². The SMILES string of the molecule is Cn1cc([C@H]2C[C@H]2C(=O)N2CCN(c3ccc(F)cc3)CC2)cn1. The summed E-state index contributed by atoms with van der Waals surface area (Å²) < 4.78 is 14.8. The maximum atomic E-state index is 13.0. The molecule has 2 fully saturated rings. The smallest absolute Gasteiger partial charge is 0.226 e. The van der Waals surface area contributed by atoms with Crippen LogP contribution in [-0.4, -0.2) is 46.8 Å². The summed E-state index contributed by atoms with van der Waals surface area (Å²) in [7, 11) is 1.90. The number of amides is 1. The van der Waals surface area contributed by atoms with Gasteiger partial charge in [0.1, 0.15) is 5.82 Å². The van der Waals surface area contributed by atoms with E-state index in [4.69, 9.17) is 0 Å². The van der Waals surface area contributed by atoms with Crippen LogP contribution in [0.15, 0.2) is 36.7 Å². The summed E-state index contributed by atoms with van der Waals surface area (Å²) in [5.74, 6) is 0.498. The van der Waals surface area contributed by atoms with Crippen molar-refractivity contribution in [2.45, 2.75) is 12.3 Å². The number of carbonyl (C=O) groups excluding carboxylic acids is 1. The first-order chi connectivity index (χ1) is 11.6. The average Bonchev–Trinajstić information content (AvgIpc) is 3.29. The lowest BCUT2D eigenvalue weighted by molar-refractivity contribution is -0.132. The number of aryl methyl sites for hydroxylation is 1. The van der Waals surface area contributed by atoms with E-state index < -0.39 is 0 Å². The molecule has 1 aliphatic heterocycles. The Hall–Kier alpha value is -2.37. The molecule has 0 bridgehead atoms. The third-order valence-electron chi connectivity index (χ3n) is 5.04. The first-order valence-electron chi connectivity index (χ1n) is 8.39. The molecule has 2 atom stereocenters. The molecule has 0 spiro atoms. The largest absolute Gasteiger partial charge is 0.368 e. The standard InChI is InChI=1S/C18H21FN4O/c1-21-12-13(11-20-21)16-10-17(16)18(24)23-8-6-22(7-9-23)15-4-2-14(19)3-5-15/h2-5,11-12,16-17H,6-10H2,1H3/t16-,17-/m1/s1. The summed E-state index contributed by atoms with van der Waals surface area (Å²) >= 11 is 0. The third kappa shape index (κ3) is 2.88. The highest BCUT2D eigenvalue weighted by Crippen LogP contribution is 2.48. The molecule has 1 aliphatic carbocycles. The minimum atomic E-state index is -0.220. The lowest BCUT2D eigenvalue weighted by Crippen LogP contribution is -2.49. The molecule has 1 amide bonds. The second-order valence-corrected chi connectivity index (χ2v) is 6.68. The van der Waals surface area contributed by atoms with E-state index in [2.05, 4.69) is 10.00 Å². The number of anilines is 1. The molecule has 0 radical (unpaired) electrons. The van der Waals surface area contributed by atoms with Crippen molar-refractivity contribution in [2.24, 2.45) is 13.0 Å². The number of rotatable bonds is 3. The Kier molecular flexibility index (Phi) is 3.75. The maximum Gasteiger partial charge on any atom is 0.226 e. The second-order valence-electron chi connectivity index (χ2n) is 6.68. The van der Waals surface area contributed by atoms with Crippen LogP contribution < -0.4 is 4.90 Å². The fourth-order valence-corrected chi connectivity index (χ4v) is 3.54. The van der Waals surface area contributed by atoms with Gasteiger partial charge in [-0.2, -0.15) is 5.10 Å². The molecule has 1 saturated carbocycles. The van der Waals surface area contributed by atoms with E-state index in [0.717, 1.165) is 38.3 Å². The molecule has 24 heavy (non-hydrogen) atoms. The number of carbonyl (C=O) groups is 1. The van der Waals surface area contributed by atoms with Crippen LogP contribution in [0, 0.1) is 11.7 Å². The van der Waals surface area contributed by atoms with Gasteiger partial charge in [0.25, 0.3) is 0 Å². The second kappa shape index (κ2) is 5.92. The molecule has 2 heterocycles. The Morgan fingerprint density at radius 2 is 1.88 bits per heavy atom. The number of benzene rings is 1. The Morgan fingerprint density at radius 3 is 2.50 bits per heavy atom. The van der Waals surface area contributed by atoms with E-state index in [1.165, 1.54) is 17.7 Å². The summed E-state index contributed by atoms with van der Waals surface area (Å²) in [6.07, 6.45) is 4.80. The number of hydrogen-bond acceptors (Lipinski definition) is 3. The fraction of sp³-hybridized carbons (Fsp3) is 0.444. The van der Waals surface area contributed by atoms with E-state index in [0.29, 0.717) is 5.92 Å². The van der Waals surface area contributed by atoms with Gasteiger partial charge in [-0.1, -0.05) is 0 Å². The van der Waals surface area contributed by atoms with Crippen molar-refractivity contribution in [2.75, 3.05) is 31.1 Å². The van der Waals surface area contributed by atoms with Gasteiger partial charge >= 0.3 is 0 Å². The van der Waals surface area contributed by atoms with Crippen molar-refractivity contribution in [3.63, 3.8) is 0 Å². The first kappa shape index (κ1) is 15.2. The van der Waals surface area contributed by atoms with Gasteiger partial charge < -0.3 is 9.80 Å². The molecule has 1 saturated heterocycles. The predicted molar refractivity (Wildman–Crippen MR) is 89.2 cm³/mol. The Balaban J connectivity index is 1.33. The predicted octanol–water partition coefficient (Wildman–Crippen LogP) is 2.01. The molecule has 6 heteroatoms. The van der Waals surface area contributed by atoms with Gasteiger partial charge in [-0.15, -0.1) is 0 Å². The van der Waals surface area contributed by atoms with Crippen LogP contribution in [0.4, 0.5) is 10.1 Å². The van der Waals surface area contributed by atoms with Crippen LogP contribution in [0.25, 0.3) is 0 Å². The van der Waals surface area contributed by atoms with Gasteiger partial charge in [-0.05, 0) is 42.2 Å². The lowest BCUT2D eigenvalue weighted by Gasteiger charge is -2.36. The van der Waals surface area contributed by atoms with Crippen LogP contribution in [0.5, 0.6) is 0 Å². The molecule has 1 aromatic carbocycles. The molecule has 4 rings (SSSR count). The summed E-state index contributed by atoms with van der Waals surface area (Å²) in [6, 6.07) is 6.56. The number of hydrogen-bond donors (Lipinski definition) is 0. The van der Waals surface area contributed by atoms with Crippen molar-refractivity contribution < 1.29 is 9.18 Å². The van der Waals surface area contributed by atoms with Gasteiger partial charge in [0.05, 0.1) is 6.20 Å². The first-order valence-corrected chi connectivity index (χ1v) is 8.39. The van der Waals surface area contributed by atoms with E-state index in [1.54, 1.807) is 16.8 Å². The summed E-state index contributed by atoms with van der Waals surface area (Å²) in [4.78, 5) is 16.8. The Labute approximate surface area is 140 Å². The highest BCUT2D eigenvalue weighted by atomic mass is 19.1. The zero-order valence-corrected chi connectivity index (χ0v) is 13.7. The van der Waals surface area contributed by atoms with Crippen molar-refractivity contribution in [3.05, 3.63) is 48.0 Å². The van der Waals surface area contributed by atoms with E-state index in [9.17, 15) is 9.18 Å². The minimum absolute atomic E-state index is 0.117. The molecule has 0 N–H and O–H groups in total. The van der Waals surface area contributed by atoms with Gasteiger partial charge in [-0.3, -0.25) is 9.48 Å². The van der Waals surface area contributed by atoms with E-state index >= 15 is 0 Å². The lowest BCUT2D eigenvalue weighted by atomic mass is 10.1. The average molecular weight is 328 g/mol. The highest BCUT2D eigenvalue weighted by molar-refractivity contribution is 5.83. The normalized spacial score (nSPS) is 23.4. The molecular weight excluding hydrogens is 307 g/mol. The van der Waals surface area contributed by atoms with Crippen LogP contribution >= 0.6 is 0 Å². The summed E-state index contributed by atoms with van der Waals surface area (Å²) in [5, 5.41) is 4.19. The van der Waals surface area contributed by atoms with Crippen LogP contribution in [0.2, 0.25) is 0 Å². The molecule has 2 aromatic rings. The van der Waals surface area contributed by atoms with Gasteiger partial charge in [-0.25, -0.2) is 4.39 Å². The van der Waals surface area contributed by atoms with Gasteiger partial charge in [0.15, 0.2) is 0 Å². The summed E-state index contributed by atoms with van der Waals surface area (Å²) in [5.41, 5.74) is 2.18. The van der Waals surface area contributed by atoms with E-state index in [1.807, 2.05) is 24.3 Å². The minimum Gasteiger partial charge on any atom is -0.368 e. The highest BCUT2D eigenvalue weighted by Gasteiger charge is 2.46. The number of halogens is 1. The monoisotopic (exact) mass is 328 g/mol. The van der Waals surface area contributed by atoms with Crippen LogP contribution in [-0.2, 0) is 11.8 Å². The topological polar surface area (TPSA) is 41.4 Å². The molecule has 0 unspecified atom stereocenters. The number of piperazine rings is 1. The summed E-state index contributed by atoms with van der Waals surface area (Å²) in [6.45, 7) is 3.04. The number of aromatic nitrogens is 2. The number of nitrogens with zero attached hydrogens (tertiary/aromatic N) is 4. The molecule has 126 valence electrons. The van der Waals surface area contributed by atoms with Crippen molar-refractivity contribution in [1.82, 2.24) is 14.7 Å². The Bertz CT molecular complexity index is 734. The molecular formula is C18H21FN4O. The van der Waals surface area contributed by atoms with E-state index in [-0.39, 0.29) is 17.6 Å². The zero-order chi connectivity index (χ0) is 16.7. The van der Waals surface area contributed by atoms with Crippen LogP contribution in [0.3, 0.4) is 0 Å². The Morgan fingerprint density at radius 1 is 1.17 bits per heavy atom. The molecule has 5 nitrogen and oxygen atoms in total. The molecule has 1 aromatic heterocycles. The quantitative estimate of drug-likeness (QED) is 0.865. The third-order valence-corrected chi connectivity index (χ3v) is 5.04. The van der Waals surface area contributed by atoms with Crippen LogP contribution in [0.1, 0.15) is 17.9 Å². The van der Waals surface area contributed by atoms with Crippen molar-refractivity contribution >= 4 is 11.6 Å². The fourth-order valence-electron chi connectivity index (χ4n) is 3.54. The zero-order valence-electron chi connectivity index (χ0n) is 13.7. The van der Waals surface area contributed by atoms with Gasteiger partial charge in [0.2, 0.25) is 5.91 Å². The van der Waals surface area contributed by atoms with Crippen molar-refractivity contribution in [1.29, 1.82) is 0 Å². The van der Waals surface area contributed by atoms with Crippen molar-refractivity contribution in [3.8, 4) is 0 Å².